The smallest absolute Gasteiger partial charge is 0.00516 e. The maximum atomic E-state index is 4.00. The molecule has 1 heteroatoms. The summed E-state index contributed by atoms with van der Waals surface area (Å²) in [5, 5.41) is 3.28. The summed E-state index contributed by atoms with van der Waals surface area (Å²) < 4.78 is 0. The average molecular weight is 187 g/mol. The lowest BCUT2D eigenvalue weighted by molar-refractivity contribution is 0.662. The lowest BCUT2D eigenvalue weighted by Crippen LogP contribution is -2.14. The van der Waals surface area contributed by atoms with Gasteiger partial charge in [-0.3, -0.25) is 0 Å². The normalized spacial score (nSPS) is 6.15. The molecule has 0 fully saturated rings. The van der Waals surface area contributed by atoms with Crippen molar-refractivity contribution in [3.63, 3.8) is 0 Å². The summed E-state index contributed by atoms with van der Waals surface area (Å²) in [5.74, 6) is 0. The fourth-order valence-electron chi connectivity index (χ4n) is 0.479. The van der Waals surface area contributed by atoms with E-state index < -0.39 is 0 Å². The number of rotatable bonds is 4. The Morgan fingerprint density at radius 2 is 1.00 bits per heavy atom. The van der Waals surface area contributed by atoms with Gasteiger partial charge in [0.15, 0.2) is 0 Å². The van der Waals surface area contributed by atoms with Crippen LogP contribution in [0, 0.1) is 12.8 Å². The second-order valence-corrected chi connectivity index (χ2v) is 1.75. The van der Waals surface area contributed by atoms with Crippen molar-refractivity contribution < 1.29 is 0 Å². The zero-order chi connectivity index (χ0) is 11.5. The molecule has 0 saturated carbocycles. The van der Waals surface area contributed by atoms with Crippen molar-refractivity contribution in [2.45, 2.75) is 54.4 Å². The maximum absolute atomic E-state index is 4.00. The van der Waals surface area contributed by atoms with Crippen LogP contribution < -0.4 is 5.32 Å². The van der Waals surface area contributed by atoms with E-state index in [1.165, 1.54) is 25.9 Å². The molecule has 0 aliphatic rings. The molecular weight excluding hydrogens is 158 g/mol. The first-order valence-corrected chi connectivity index (χ1v) is 5.45. The first-order valence-electron chi connectivity index (χ1n) is 5.45. The van der Waals surface area contributed by atoms with Gasteiger partial charge in [-0.05, 0) is 25.9 Å². The van der Waals surface area contributed by atoms with E-state index in [-0.39, 0.29) is 0 Å². The van der Waals surface area contributed by atoms with Gasteiger partial charge in [-0.2, -0.15) is 0 Å². The molecular formula is C12H29N. The summed E-state index contributed by atoms with van der Waals surface area (Å²) in [6.45, 7) is 14.7. The van der Waals surface area contributed by atoms with Gasteiger partial charge in [0.2, 0.25) is 0 Å². The summed E-state index contributed by atoms with van der Waals surface area (Å²) in [4.78, 5) is 0. The molecule has 82 valence electrons. The van der Waals surface area contributed by atoms with Gasteiger partial charge < -0.3 is 5.32 Å². The molecule has 0 aliphatic carbocycles. The van der Waals surface area contributed by atoms with Gasteiger partial charge >= 0.3 is 0 Å². The van der Waals surface area contributed by atoms with E-state index in [2.05, 4.69) is 32.0 Å². The van der Waals surface area contributed by atoms with E-state index in [9.17, 15) is 0 Å². The van der Waals surface area contributed by atoms with Crippen LogP contribution in [0.25, 0.3) is 0 Å². The highest BCUT2D eigenvalue weighted by Gasteiger charge is 1.76. The van der Waals surface area contributed by atoms with Crippen molar-refractivity contribution in [1.82, 2.24) is 5.32 Å². The van der Waals surface area contributed by atoms with Crippen molar-refractivity contribution in [1.29, 1.82) is 0 Å². The Labute approximate surface area is 86.3 Å². The second kappa shape index (κ2) is 62.4. The Morgan fingerprint density at radius 3 is 1.15 bits per heavy atom. The molecule has 1 nitrogen and oxygen atoms in total. The predicted molar refractivity (Wildman–Crippen MR) is 66.0 cm³/mol. The topological polar surface area (TPSA) is 12.0 Å². The van der Waals surface area contributed by atoms with Crippen LogP contribution in [-0.4, -0.2) is 13.1 Å². The Bertz CT molecular complexity index is 44.3. The third-order valence-electron chi connectivity index (χ3n) is 0.854. The minimum atomic E-state index is 1.17. The van der Waals surface area contributed by atoms with Gasteiger partial charge in [0.25, 0.3) is 0 Å². The fraction of sp³-hybridized carbons (Fsp3) is 0.833. The quantitative estimate of drug-likeness (QED) is 0.523. The highest BCUT2D eigenvalue weighted by atomic mass is 14.8. The number of nitrogens with one attached hydrogen (secondary N) is 1. The van der Waals surface area contributed by atoms with E-state index >= 15 is 0 Å². The fourth-order valence-corrected chi connectivity index (χ4v) is 0.479. The molecule has 1 N–H and O–H groups in total. The lowest BCUT2D eigenvalue weighted by atomic mass is 10.4. The zero-order valence-electron chi connectivity index (χ0n) is 10.5. The van der Waals surface area contributed by atoms with Crippen molar-refractivity contribution in [2.75, 3.05) is 13.1 Å². The number of hydrogen-bond acceptors (Lipinski definition) is 1. The molecule has 0 radical (unpaired) electrons. The molecule has 0 heterocycles. The third-order valence-corrected chi connectivity index (χ3v) is 0.854. The predicted octanol–water partition coefficient (Wildman–Crippen LogP) is 3.70. The second-order valence-electron chi connectivity index (χ2n) is 1.75. The van der Waals surface area contributed by atoms with Crippen molar-refractivity contribution in [2.24, 2.45) is 0 Å². The van der Waals surface area contributed by atoms with Crippen LogP contribution in [-0.2, 0) is 0 Å². The van der Waals surface area contributed by atoms with E-state index in [1.54, 1.807) is 0 Å². The number of terminal acetylenes is 1. The summed E-state index contributed by atoms with van der Waals surface area (Å²) in [6.07, 6.45) is 10.5. The van der Waals surface area contributed by atoms with Crippen LogP contribution in [0.4, 0.5) is 0 Å². The molecule has 0 spiro atoms. The Hall–Kier alpha value is -0.480. The molecule has 0 aromatic rings. The Morgan fingerprint density at radius 1 is 0.769 bits per heavy atom. The largest absolute Gasteiger partial charge is 0.317 e. The molecule has 0 aromatic heterocycles. The molecule has 0 unspecified atom stereocenters. The van der Waals surface area contributed by atoms with Gasteiger partial charge in [0.05, 0.1) is 0 Å². The van der Waals surface area contributed by atoms with Gasteiger partial charge in [0, 0.05) is 0 Å². The molecule has 0 rings (SSSR count). The van der Waals surface area contributed by atoms with Crippen LogP contribution >= 0.6 is 0 Å². The molecule has 0 amide bonds. The standard InChI is InChI=1S/C6H15N.2C2H6.C2H2/c1-3-5-7-6-4-2;3*1-2/h7H,3-6H2,1-2H3;2*1-2H3;1-2H. The Balaban J connectivity index is -0.0000000573. The lowest BCUT2D eigenvalue weighted by Gasteiger charge is -1.95. The van der Waals surface area contributed by atoms with Gasteiger partial charge in [-0.15, -0.1) is 12.8 Å². The monoisotopic (exact) mass is 187 g/mol. The Kier molecular flexibility index (Phi) is 110. The molecule has 0 bridgehead atoms. The SMILES string of the molecule is C#C.CC.CC.CCCNCCC. The van der Waals surface area contributed by atoms with Crippen LogP contribution in [0.5, 0.6) is 0 Å². The maximum Gasteiger partial charge on any atom is -0.00516 e. The van der Waals surface area contributed by atoms with E-state index in [0.29, 0.717) is 0 Å². The summed E-state index contributed by atoms with van der Waals surface area (Å²) in [5.41, 5.74) is 0. The third kappa shape index (κ3) is 84.3. The van der Waals surface area contributed by atoms with Gasteiger partial charge in [0.1, 0.15) is 0 Å². The number of hydrogen-bond donors (Lipinski definition) is 1. The average Bonchev–Trinajstić information content (AvgIpc) is 2.27. The van der Waals surface area contributed by atoms with Crippen LogP contribution in [0.3, 0.4) is 0 Å². The highest BCUT2D eigenvalue weighted by molar-refractivity contribution is 4.47. The summed E-state index contributed by atoms with van der Waals surface area (Å²) >= 11 is 0. The highest BCUT2D eigenvalue weighted by Crippen LogP contribution is 1.71. The van der Waals surface area contributed by atoms with Gasteiger partial charge in [-0.1, -0.05) is 41.5 Å². The molecule has 0 saturated heterocycles. The van der Waals surface area contributed by atoms with Crippen molar-refractivity contribution >= 4 is 0 Å². The zero-order valence-corrected chi connectivity index (χ0v) is 10.5. The summed E-state index contributed by atoms with van der Waals surface area (Å²) in [6, 6.07) is 0. The van der Waals surface area contributed by atoms with Crippen LogP contribution in [0.2, 0.25) is 0 Å². The van der Waals surface area contributed by atoms with Crippen LogP contribution in [0.15, 0.2) is 0 Å². The van der Waals surface area contributed by atoms with Crippen LogP contribution in [0.1, 0.15) is 54.4 Å². The minimum absolute atomic E-state index is 1.17. The first-order chi connectivity index (χ1) is 6.41. The minimum Gasteiger partial charge on any atom is -0.317 e. The van der Waals surface area contributed by atoms with Crippen molar-refractivity contribution in [3.8, 4) is 12.8 Å². The molecule has 0 aliphatic heterocycles. The molecule has 13 heavy (non-hydrogen) atoms. The van der Waals surface area contributed by atoms with E-state index in [4.69, 9.17) is 0 Å². The van der Waals surface area contributed by atoms with E-state index in [0.717, 1.165) is 0 Å². The molecule has 0 aromatic carbocycles. The van der Waals surface area contributed by atoms with Crippen molar-refractivity contribution in [3.05, 3.63) is 0 Å². The molecule has 0 atom stereocenters. The van der Waals surface area contributed by atoms with Gasteiger partial charge in [-0.25, -0.2) is 0 Å². The summed E-state index contributed by atoms with van der Waals surface area (Å²) in [7, 11) is 0. The first kappa shape index (κ1) is 22.9. The van der Waals surface area contributed by atoms with E-state index in [1.807, 2.05) is 27.7 Å².